The number of hydrogen-bond donors (Lipinski definition) is 0. The second-order valence-electron chi connectivity index (χ2n) is 5.00. The Hall–Kier alpha value is -1.98. The molecule has 1 aliphatic rings. The van der Waals surface area contributed by atoms with Crippen molar-refractivity contribution in [3.05, 3.63) is 64.2 Å². The number of halogens is 1. The number of rotatable bonds is 1. The first-order chi connectivity index (χ1) is 9.79. The zero-order valence-corrected chi connectivity index (χ0v) is 11.9. The van der Waals surface area contributed by atoms with Gasteiger partial charge in [-0.1, -0.05) is 41.9 Å². The van der Waals surface area contributed by atoms with Gasteiger partial charge in [0.05, 0.1) is 16.3 Å². The molecule has 0 bridgehead atoms. The first kappa shape index (κ1) is 13.0. The van der Waals surface area contributed by atoms with Crippen LogP contribution in [0, 0.1) is 11.3 Å². The lowest BCUT2D eigenvalue weighted by Crippen LogP contribution is -2.26. The molecule has 0 N–H and O–H groups in total. The van der Waals surface area contributed by atoms with E-state index in [0.717, 1.165) is 31.6 Å². The monoisotopic (exact) mass is 282 g/mol. The highest BCUT2D eigenvalue weighted by atomic mass is 35.5. The highest BCUT2D eigenvalue weighted by Gasteiger charge is 2.17. The number of fused-ring (bicyclic) bond motifs is 1. The zero-order chi connectivity index (χ0) is 13.9. The van der Waals surface area contributed by atoms with Crippen molar-refractivity contribution in [1.29, 1.82) is 5.26 Å². The molecule has 0 unspecified atom stereocenters. The zero-order valence-electron chi connectivity index (χ0n) is 11.1. The Morgan fingerprint density at radius 3 is 2.20 bits per heavy atom. The normalized spacial score (nSPS) is 14.3. The third kappa shape index (κ3) is 2.37. The molecule has 0 aromatic heterocycles. The van der Waals surface area contributed by atoms with Gasteiger partial charge in [0.2, 0.25) is 0 Å². The van der Waals surface area contributed by atoms with E-state index in [2.05, 4.69) is 35.2 Å². The molecule has 0 aliphatic carbocycles. The van der Waals surface area contributed by atoms with Crippen molar-refractivity contribution >= 4 is 17.3 Å². The molecule has 20 heavy (non-hydrogen) atoms. The van der Waals surface area contributed by atoms with Gasteiger partial charge in [0.25, 0.3) is 0 Å². The Kier molecular flexibility index (Phi) is 3.62. The van der Waals surface area contributed by atoms with Gasteiger partial charge < -0.3 is 4.90 Å². The van der Waals surface area contributed by atoms with Crippen LogP contribution in [0.15, 0.2) is 42.5 Å². The van der Waals surface area contributed by atoms with E-state index in [1.165, 1.54) is 11.1 Å². The molecule has 0 amide bonds. The Bertz CT molecular complexity index is 646. The van der Waals surface area contributed by atoms with Crippen molar-refractivity contribution in [1.82, 2.24) is 0 Å². The maximum Gasteiger partial charge on any atom is 0.103 e. The maximum atomic E-state index is 9.31. The second kappa shape index (κ2) is 5.56. The van der Waals surface area contributed by atoms with Gasteiger partial charge in [-0.3, -0.25) is 0 Å². The van der Waals surface area contributed by atoms with Crippen LogP contribution in [0.3, 0.4) is 0 Å². The molecule has 0 saturated carbocycles. The predicted octanol–water partition coefficient (Wildman–Crippen LogP) is 3.82. The van der Waals surface area contributed by atoms with Crippen LogP contribution < -0.4 is 4.90 Å². The molecule has 0 spiro atoms. The summed E-state index contributed by atoms with van der Waals surface area (Å²) in [4.78, 5) is 2.27. The minimum atomic E-state index is 0.534. The lowest BCUT2D eigenvalue weighted by atomic mass is 10.0. The first-order valence-corrected chi connectivity index (χ1v) is 7.18. The van der Waals surface area contributed by atoms with Gasteiger partial charge in [0.15, 0.2) is 0 Å². The summed E-state index contributed by atoms with van der Waals surface area (Å²) in [6, 6.07) is 16.5. The van der Waals surface area contributed by atoms with Crippen LogP contribution in [0.4, 0.5) is 5.69 Å². The van der Waals surface area contributed by atoms with Crippen LogP contribution in [0.2, 0.25) is 5.02 Å². The molecule has 2 nitrogen and oxygen atoms in total. The van der Waals surface area contributed by atoms with E-state index in [0.29, 0.717) is 10.6 Å². The number of hydrogen-bond acceptors (Lipinski definition) is 2. The third-order valence-corrected chi connectivity index (χ3v) is 4.18. The Morgan fingerprint density at radius 1 is 0.950 bits per heavy atom. The molecule has 0 saturated heterocycles. The van der Waals surface area contributed by atoms with Crippen LogP contribution in [-0.4, -0.2) is 13.1 Å². The number of anilines is 1. The van der Waals surface area contributed by atoms with E-state index in [1.807, 2.05) is 12.1 Å². The molecule has 0 fully saturated rings. The molecular formula is C17H15ClN2. The maximum absolute atomic E-state index is 9.31. The molecule has 1 heterocycles. The van der Waals surface area contributed by atoms with E-state index in [1.54, 1.807) is 6.07 Å². The van der Waals surface area contributed by atoms with Gasteiger partial charge in [-0.15, -0.1) is 0 Å². The lowest BCUT2D eigenvalue weighted by Gasteiger charge is -2.24. The Morgan fingerprint density at radius 2 is 1.60 bits per heavy atom. The number of nitrogens with zero attached hydrogens (tertiary/aromatic N) is 2. The van der Waals surface area contributed by atoms with Crippen molar-refractivity contribution < 1.29 is 0 Å². The van der Waals surface area contributed by atoms with Gasteiger partial charge in [0.1, 0.15) is 6.07 Å². The van der Waals surface area contributed by atoms with Crippen molar-refractivity contribution in [2.45, 2.75) is 12.8 Å². The minimum absolute atomic E-state index is 0.534. The van der Waals surface area contributed by atoms with Crippen LogP contribution >= 0.6 is 11.6 Å². The van der Waals surface area contributed by atoms with Gasteiger partial charge in [-0.2, -0.15) is 5.26 Å². The van der Waals surface area contributed by atoms with Gasteiger partial charge in [-0.25, -0.2) is 0 Å². The van der Waals surface area contributed by atoms with Crippen LogP contribution in [0.5, 0.6) is 0 Å². The van der Waals surface area contributed by atoms with Gasteiger partial charge >= 0.3 is 0 Å². The summed E-state index contributed by atoms with van der Waals surface area (Å²) >= 11 is 6.13. The third-order valence-electron chi connectivity index (χ3n) is 3.86. The average molecular weight is 283 g/mol. The summed E-state index contributed by atoms with van der Waals surface area (Å²) in [7, 11) is 0. The van der Waals surface area contributed by atoms with Crippen molar-refractivity contribution in [3.8, 4) is 6.07 Å². The predicted molar refractivity (Wildman–Crippen MR) is 82.2 cm³/mol. The lowest BCUT2D eigenvalue weighted by molar-refractivity contribution is 0.804. The molecule has 100 valence electrons. The van der Waals surface area contributed by atoms with Gasteiger partial charge in [-0.05, 0) is 36.1 Å². The first-order valence-electron chi connectivity index (χ1n) is 6.80. The summed E-state index contributed by atoms with van der Waals surface area (Å²) in [5, 5.41) is 9.85. The van der Waals surface area contributed by atoms with E-state index in [-0.39, 0.29) is 0 Å². The largest absolute Gasteiger partial charge is 0.370 e. The van der Waals surface area contributed by atoms with Crippen molar-refractivity contribution in [2.24, 2.45) is 0 Å². The fourth-order valence-electron chi connectivity index (χ4n) is 2.80. The van der Waals surface area contributed by atoms with E-state index in [9.17, 15) is 5.26 Å². The van der Waals surface area contributed by atoms with E-state index >= 15 is 0 Å². The highest BCUT2D eigenvalue weighted by Crippen LogP contribution is 2.28. The highest BCUT2D eigenvalue weighted by molar-refractivity contribution is 6.32. The second-order valence-corrected chi connectivity index (χ2v) is 5.41. The molecule has 0 atom stereocenters. The van der Waals surface area contributed by atoms with E-state index < -0.39 is 0 Å². The van der Waals surface area contributed by atoms with Crippen molar-refractivity contribution in [3.63, 3.8) is 0 Å². The standard InChI is InChI=1S/C17H15ClN2/c18-16-6-3-7-17(15(16)12-19)20-10-8-13-4-1-2-5-14(13)9-11-20/h1-7H,8-11H2. The van der Waals surface area contributed by atoms with Crippen LogP contribution in [0.1, 0.15) is 16.7 Å². The summed E-state index contributed by atoms with van der Waals surface area (Å²) in [6.07, 6.45) is 2.01. The Balaban J connectivity index is 1.91. The summed E-state index contributed by atoms with van der Waals surface area (Å²) in [5.74, 6) is 0. The average Bonchev–Trinajstić information content (AvgIpc) is 2.69. The quantitative estimate of drug-likeness (QED) is 0.795. The van der Waals surface area contributed by atoms with Crippen LogP contribution in [0.25, 0.3) is 0 Å². The smallest absolute Gasteiger partial charge is 0.103 e. The molecular weight excluding hydrogens is 268 g/mol. The molecule has 2 aromatic rings. The SMILES string of the molecule is N#Cc1c(Cl)cccc1N1CCc2ccccc2CC1. The molecule has 2 aromatic carbocycles. The van der Waals surface area contributed by atoms with Crippen molar-refractivity contribution in [2.75, 3.05) is 18.0 Å². The van der Waals surface area contributed by atoms with Gasteiger partial charge in [0, 0.05) is 13.1 Å². The van der Waals surface area contributed by atoms with E-state index in [4.69, 9.17) is 11.6 Å². The topological polar surface area (TPSA) is 27.0 Å². The molecule has 3 rings (SSSR count). The van der Waals surface area contributed by atoms with Crippen LogP contribution in [-0.2, 0) is 12.8 Å². The fourth-order valence-corrected chi connectivity index (χ4v) is 3.01. The molecule has 0 radical (unpaired) electrons. The molecule has 1 aliphatic heterocycles. The number of nitriles is 1. The summed E-state index contributed by atoms with van der Waals surface area (Å²) in [5.41, 5.74) is 4.36. The summed E-state index contributed by atoms with van der Waals surface area (Å²) < 4.78 is 0. The Labute approximate surface area is 124 Å². The summed E-state index contributed by atoms with van der Waals surface area (Å²) in [6.45, 7) is 1.85. The fraction of sp³-hybridized carbons (Fsp3) is 0.235. The number of benzene rings is 2. The molecule has 3 heteroatoms. The minimum Gasteiger partial charge on any atom is -0.370 e.